The number of H-pyrrole nitrogens is 1. The second-order valence-corrected chi connectivity index (χ2v) is 6.27. The van der Waals surface area contributed by atoms with Crippen LogP contribution in [0.2, 0.25) is 0 Å². The van der Waals surface area contributed by atoms with Crippen LogP contribution in [0.3, 0.4) is 0 Å². The molecule has 0 atom stereocenters. The second kappa shape index (κ2) is 9.03. The van der Waals surface area contributed by atoms with Crippen molar-refractivity contribution in [1.82, 2.24) is 20.0 Å². The minimum Gasteiger partial charge on any atom is -0.493 e. The summed E-state index contributed by atoms with van der Waals surface area (Å²) >= 11 is 0. The molecule has 1 aliphatic rings. The summed E-state index contributed by atoms with van der Waals surface area (Å²) in [6.07, 6.45) is 0.648. The lowest BCUT2D eigenvalue weighted by Crippen LogP contribution is -2.39. The number of methoxy groups -OCH3 is 1. The Labute approximate surface area is 161 Å². The molecule has 9 nitrogen and oxygen atoms in total. The monoisotopic (exact) mass is 386 g/mol. The van der Waals surface area contributed by atoms with Crippen LogP contribution >= 0.6 is 0 Å². The summed E-state index contributed by atoms with van der Waals surface area (Å²) in [5.41, 5.74) is -0.182. The molecule has 2 heterocycles. The molecule has 0 aliphatic carbocycles. The number of amides is 2. The van der Waals surface area contributed by atoms with Crippen LogP contribution in [-0.4, -0.2) is 71.7 Å². The lowest BCUT2D eigenvalue weighted by atomic mass is 10.3. The molecule has 0 spiro atoms. The van der Waals surface area contributed by atoms with Gasteiger partial charge in [0.1, 0.15) is 5.69 Å². The number of aromatic nitrogens is 2. The van der Waals surface area contributed by atoms with E-state index in [1.54, 1.807) is 29.0 Å². The first-order chi connectivity index (χ1) is 13.6. The minimum atomic E-state index is -0.362. The molecule has 3 rings (SSSR count). The number of ether oxygens (including phenoxy) is 2. The van der Waals surface area contributed by atoms with E-state index in [0.717, 1.165) is 0 Å². The second-order valence-electron chi connectivity index (χ2n) is 6.27. The van der Waals surface area contributed by atoms with E-state index in [1.807, 2.05) is 12.1 Å². The van der Waals surface area contributed by atoms with Gasteiger partial charge in [0, 0.05) is 32.2 Å². The predicted octanol–water partition coefficient (Wildman–Crippen LogP) is 0.532. The zero-order chi connectivity index (χ0) is 19.9. The van der Waals surface area contributed by atoms with Crippen molar-refractivity contribution in [2.75, 3.05) is 39.9 Å². The van der Waals surface area contributed by atoms with Gasteiger partial charge in [-0.1, -0.05) is 12.1 Å². The number of carbonyl (C=O) groups excluding carboxylic acids is 2. The third-order valence-electron chi connectivity index (χ3n) is 4.45. The highest BCUT2D eigenvalue weighted by Gasteiger charge is 2.24. The Morgan fingerprint density at radius 3 is 2.46 bits per heavy atom. The van der Waals surface area contributed by atoms with E-state index in [1.165, 1.54) is 12.1 Å². The summed E-state index contributed by atoms with van der Waals surface area (Å²) < 4.78 is 10.8. The van der Waals surface area contributed by atoms with Gasteiger partial charge in [-0.3, -0.25) is 14.4 Å². The Morgan fingerprint density at radius 2 is 1.75 bits per heavy atom. The summed E-state index contributed by atoms with van der Waals surface area (Å²) in [7, 11) is 1.54. The van der Waals surface area contributed by atoms with Crippen molar-refractivity contribution < 1.29 is 19.1 Å². The number of rotatable bonds is 5. The van der Waals surface area contributed by atoms with Gasteiger partial charge in [0.05, 0.1) is 7.11 Å². The number of benzene rings is 1. The molecule has 0 unspecified atom stereocenters. The molecule has 0 radical (unpaired) electrons. The number of nitrogens with zero attached hydrogens (tertiary/aromatic N) is 3. The van der Waals surface area contributed by atoms with Crippen molar-refractivity contribution in [2.24, 2.45) is 0 Å². The smallest absolute Gasteiger partial charge is 0.274 e. The van der Waals surface area contributed by atoms with E-state index in [0.29, 0.717) is 44.1 Å². The molecule has 148 valence electrons. The average molecular weight is 386 g/mol. The first-order valence-electron chi connectivity index (χ1n) is 8.97. The summed E-state index contributed by atoms with van der Waals surface area (Å²) in [5, 5.41) is 6.04. The predicted molar refractivity (Wildman–Crippen MR) is 100 cm³/mol. The van der Waals surface area contributed by atoms with Crippen molar-refractivity contribution in [3.05, 3.63) is 52.4 Å². The SMILES string of the molecule is COc1ccccc1OCC(=O)N1CCCN(C(=O)c2ccc(=O)[nH]n2)CC1. The van der Waals surface area contributed by atoms with Crippen molar-refractivity contribution in [2.45, 2.75) is 6.42 Å². The number of hydrogen-bond donors (Lipinski definition) is 1. The number of para-hydroxylation sites is 2. The third kappa shape index (κ3) is 4.67. The van der Waals surface area contributed by atoms with Crippen LogP contribution in [0.5, 0.6) is 11.5 Å². The molecule has 1 aliphatic heterocycles. The van der Waals surface area contributed by atoms with Crippen molar-refractivity contribution in [1.29, 1.82) is 0 Å². The van der Waals surface area contributed by atoms with E-state index in [-0.39, 0.29) is 29.7 Å². The van der Waals surface area contributed by atoms with Crippen LogP contribution in [0.1, 0.15) is 16.9 Å². The molecule has 2 aromatic rings. The summed E-state index contributed by atoms with van der Waals surface area (Å²) in [6, 6.07) is 9.80. The topological polar surface area (TPSA) is 105 Å². The van der Waals surface area contributed by atoms with Gasteiger partial charge in [-0.15, -0.1) is 0 Å². The summed E-state index contributed by atoms with van der Waals surface area (Å²) in [4.78, 5) is 39.4. The van der Waals surface area contributed by atoms with E-state index in [4.69, 9.17) is 9.47 Å². The highest BCUT2D eigenvalue weighted by atomic mass is 16.5. The standard InChI is InChI=1S/C19H22N4O5/c1-27-15-5-2-3-6-16(15)28-13-18(25)22-9-4-10-23(12-11-22)19(26)14-7-8-17(24)21-20-14/h2-3,5-8H,4,9-13H2,1H3,(H,21,24). The zero-order valence-electron chi connectivity index (χ0n) is 15.6. The Balaban J connectivity index is 1.55. The van der Waals surface area contributed by atoms with Gasteiger partial charge in [-0.05, 0) is 24.6 Å². The maximum atomic E-state index is 12.5. The van der Waals surface area contributed by atoms with Crippen molar-refractivity contribution in [3.8, 4) is 11.5 Å². The summed E-state index contributed by atoms with van der Waals surface area (Å²) in [5.74, 6) is 0.656. The van der Waals surface area contributed by atoms with Crippen LogP contribution in [-0.2, 0) is 4.79 Å². The first-order valence-corrected chi connectivity index (χ1v) is 8.97. The zero-order valence-corrected chi connectivity index (χ0v) is 15.6. The van der Waals surface area contributed by atoms with Crippen LogP contribution in [0, 0.1) is 0 Å². The van der Waals surface area contributed by atoms with Gasteiger partial charge in [-0.2, -0.15) is 5.10 Å². The van der Waals surface area contributed by atoms with Gasteiger partial charge in [0.25, 0.3) is 17.4 Å². The van der Waals surface area contributed by atoms with Crippen LogP contribution in [0.4, 0.5) is 0 Å². The number of hydrogen-bond acceptors (Lipinski definition) is 6. The Bertz CT molecular complexity index is 877. The fourth-order valence-electron chi connectivity index (χ4n) is 2.96. The van der Waals surface area contributed by atoms with Gasteiger partial charge in [0.15, 0.2) is 18.1 Å². The Morgan fingerprint density at radius 1 is 1.04 bits per heavy atom. The van der Waals surface area contributed by atoms with Crippen molar-refractivity contribution >= 4 is 11.8 Å². The minimum absolute atomic E-state index is 0.101. The number of aromatic amines is 1. The average Bonchev–Trinajstić information content (AvgIpc) is 2.98. The lowest BCUT2D eigenvalue weighted by molar-refractivity contribution is -0.133. The Hall–Kier alpha value is -3.36. The lowest BCUT2D eigenvalue weighted by Gasteiger charge is -2.22. The molecule has 0 saturated carbocycles. The molecule has 1 fully saturated rings. The van der Waals surface area contributed by atoms with E-state index >= 15 is 0 Å². The molecule has 1 aromatic heterocycles. The molecular weight excluding hydrogens is 364 g/mol. The highest BCUT2D eigenvalue weighted by Crippen LogP contribution is 2.25. The third-order valence-corrected chi connectivity index (χ3v) is 4.45. The fraction of sp³-hybridized carbons (Fsp3) is 0.368. The Kier molecular flexibility index (Phi) is 6.25. The molecule has 0 bridgehead atoms. The number of nitrogens with one attached hydrogen (secondary N) is 1. The molecule has 2 amide bonds. The number of carbonyl (C=O) groups is 2. The van der Waals surface area contributed by atoms with Gasteiger partial charge in [0.2, 0.25) is 0 Å². The van der Waals surface area contributed by atoms with Crippen LogP contribution in [0.15, 0.2) is 41.2 Å². The molecule has 1 aromatic carbocycles. The quantitative estimate of drug-likeness (QED) is 0.804. The van der Waals surface area contributed by atoms with Crippen LogP contribution < -0.4 is 15.0 Å². The van der Waals surface area contributed by atoms with Crippen LogP contribution in [0.25, 0.3) is 0 Å². The van der Waals surface area contributed by atoms with Crippen molar-refractivity contribution in [3.63, 3.8) is 0 Å². The van der Waals surface area contributed by atoms with E-state index < -0.39 is 0 Å². The fourth-order valence-corrected chi connectivity index (χ4v) is 2.96. The molecule has 1 saturated heterocycles. The summed E-state index contributed by atoms with van der Waals surface area (Å²) in [6.45, 7) is 1.74. The van der Waals surface area contributed by atoms with Gasteiger partial charge < -0.3 is 19.3 Å². The highest BCUT2D eigenvalue weighted by molar-refractivity contribution is 5.92. The first kappa shape index (κ1) is 19.4. The maximum Gasteiger partial charge on any atom is 0.274 e. The molecular formula is C19H22N4O5. The van der Waals surface area contributed by atoms with Gasteiger partial charge in [-0.25, -0.2) is 5.10 Å². The normalized spacial score (nSPS) is 14.3. The molecule has 28 heavy (non-hydrogen) atoms. The van der Waals surface area contributed by atoms with E-state index in [9.17, 15) is 14.4 Å². The molecule has 1 N–H and O–H groups in total. The largest absolute Gasteiger partial charge is 0.493 e. The van der Waals surface area contributed by atoms with Gasteiger partial charge >= 0.3 is 0 Å². The maximum absolute atomic E-state index is 12.5. The molecule has 9 heteroatoms. The van der Waals surface area contributed by atoms with E-state index in [2.05, 4.69) is 10.2 Å².